The van der Waals surface area contributed by atoms with Crippen molar-refractivity contribution in [1.82, 2.24) is 15.0 Å². The average molecular weight is 388 g/mol. The summed E-state index contributed by atoms with van der Waals surface area (Å²) in [4.78, 5) is 16.3. The molecular weight excluding hydrogens is 372 g/mol. The van der Waals surface area contributed by atoms with Crippen molar-refractivity contribution in [3.8, 4) is 34.6 Å². The zero-order chi connectivity index (χ0) is 20.6. The number of hydrogen-bond acceptors (Lipinski definition) is 4. The van der Waals surface area contributed by atoms with E-state index in [-0.39, 0.29) is 0 Å². The smallest absolute Gasteiger partial charge is 0.0906 e. The Hall–Kier alpha value is -4.46. The topological polar surface area (TPSA) is 87.4 Å². The zero-order valence-corrected chi connectivity index (χ0v) is 16.0. The van der Waals surface area contributed by atoms with Gasteiger partial charge in [0.2, 0.25) is 0 Å². The Labute approximate surface area is 173 Å². The molecule has 4 rings (SSSR count). The third-order valence-electron chi connectivity index (χ3n) is 4.30. The maximum absolute atomic E-state index is 8.42. The van der Waals surface area contributed by atoms with Gasteiger partial charge in [0, 0.05) is 28.4 Å². The van der Waals surface area contributed by atoms with E-state index in [0.29, 0.717) is 6.54 Å². The van der Waals surface area contributed by atoms with Gasteiger partial charge in [-0.15, -0.1) is 0 Å². The first-order valence-corrected chi connectivity index (χ1v) is 9.28. The molecule has 6 heteroatoms. The van der Waals surface area contributed by atoms with E-state index in [1.807, 2.05) is 72.8 Å². The van der Waals surface area contributed by atoms with Crippen LogP contribution in [0.15, 0.2) is 90.3 Å². The van der Waals surface area contributed by atoms with Crippen LogP contribution in [0.25, 0.3) is 33.2 Å². The highest BCUT2D eigenvalue weighted by Crippen LogP contribution is 2.22. The van der Waals surface area contributed by atoms with Gasteiger partial charge in [0.25, 0.3) is 0 Å². The number of hydrogen-bond donors (Lipinski definition) is 0. The molecule has 0 radical (unpaired) electrons. The van der Waals surface area contributed by atoms with Crippen molar-refractivity contribution in [3.63, 3.8) is 0 Å². The van der Waals surface area contributed by atoms with Crippen molar-refractivity contribution in [3.05, 3.63) is 112 Å². The van der Waals surface area contributed by atoms with Crippen molar-refractivity contribution in [2.24, 2.45) is 5.11 Å². The van der Waals surface area contributed by atoms with Crippen molar-refractivity contribution in [2.75, 3.05) is 0 Å². The van der Waals surface area contributed by atoms with E-state index in [1.54, 1.807) is 12.4 Å². The molecule has 0 atom stereocenters. The molecule has 0 amide bonds. The Morgan fingerprint density at radius 3 is 1.87 bits per heavy atom. The summed E-state index contributed by atoms with van der Waals surface area (Å²) >= 11 is 0. The number of aromatic nitrogens is 3. The van der Waals surface area contributed by atoms with Gasteiger partial charge in [0.1, 0.15) is 0 Å². The molecule has 30 heavy (non-hydrogen) atoms. The lowest BCUT2D eigenvalue weighted by atomic mass is 10.1. The SMILES string of the molecule is [N-]=[N+]=NCc1ccc(C#Cc2cc(-c3ccccn3)nc(-c3ccccn3)c2)cc1. The summed E-state index contributed by atoms with van der Waals surface area (Å²) in [5.74, 6) is 6.40. The molecule has 0 saturated carbocycles. The summed E-state index contributed by atoms with van der Waals surface area (Å²) in [6.45, 7) is 0.329. The molecule has 1 aromatic carbocycles. The Balaban J connectivity index is 1.71. The second-order valence-corrected chi connectivity index (χ2v) is 6.39. The molecule has 0 fully saturated rings. The van der Waals surface area contributed by atoms with Gasteiger partial charge in [-0.1, -0.05) is 41.2 Å². The monoisotopic (exact) mass is 388 g/mol. The maximum Gasteiger partial charge on any atom is 0.0906 e. The lowest BCUT2D eigenvalue weighted by Crippen LogP contribution is -1.93. The Morgan fingerprint density at radius 1 is 0.733 bits per heavy atom. The van der Waals surface area contributed by atoms with Crippen LogP contribution in [0.1, 0.15) is 16.7 Å². The first-order chi connectivity index (χ1) is 14.8. The summed E-state index contributed by atoms with van der Waals surface area (Å²) in [6, 6.07) is 22.9. The minimum absolute atomic E-state index is 0.329. The van der Waals surface area contributed by atoms with Gasteiger partial charge < -0.3 is 0 Å². The van der Waals surface area contributed by atoms with Crippen LogP contribution in [-0.2, 0) is 6.54 Å². The molecule has 0 spiro atoms. The van der Waals surface area contributed by atoms with Gasteiger partial charge in [-0.05, 0) is 59.6 Å². The predicted molar refractivity (Wildman–Crippen MR) is 116 cm³/mol. The van der Waals surface area contributed by atoms with Crippen LogP contribution < -0.4 is 0 Å². The zero-order valence-electron chi connectivity index (χ0n) is 16.0. The first kappa shape index (κ1) is 18.9. The molecule has 0 aliphatic carbocycles. The Bertz CT molecular complexity index is 1190. The fourth-order valence-electron chi connectivity index (χ4n) is 2.84. The van der Waals surface area contributed by atoms with Crippen molar-refractivity contribution >= 4 is 0 Å². The van der Waals surface area contributed by atoms with E-state index in [9.17, 15) is 0 Å². The maximum atomic E-state index is 8.42. The van der Waals surface area contributed by atoms with Gasteiger partial charge in [-0.25, -0.2) is 4.98 Å². The number of azide groups is 1. The molecule has 3 heterocycles. The van der Waals surface area contributed by atoms with Crippen molar-refractivity contribution < 1.29 is 0 Å². The summed E-state index contributed by atoms with van der Waals surface area (Å²) in [5.41, 5.74) is 14.1. The molecule has 0 aliphatic heterocycles. The van der Waals surface area contributed by atoms with Crippen LogP contribution in [0.2, 0.25) is 0 Å². The van der Waals surface area contributed by atoms with Crippen LogP contribution in [-0.4, -0.2) is 15.0 Å². The Morgan fingerprint density at radius 2 is 1.33 bits per heavy atom. The third kappa shape index (κ3) is 4.68. The third-order valence-corrected chi connectivity index (χ3v) is 4.30. The standard InChI is InChI=1S/C24H16N6/c25-30-28-17-19-10-7-18(8-11-19)9-12-20-15-23(21-5-1-3-13-26-21)29-24(16-20)22-6-2-4-14-27-22/h1-8,10-11,13-16H,17H2. The quantitative estimate of drug-likeness (QED) is 0.202. The van der Waals surface area contributed by atoms with E-state index in [0.717, 1.165) is 39.5 Å². The summed E-state index contributed by atoms with van der Waals surface area (Å²) in [6.07, 6.45) is 3.49. The van der Waals surface area contributed by atoms with Gasteiger partial charge in [-0.2, -0.15) is 0 Å². The van der Waals surface area contributed by atoms with E-state index in [4.69, 9.17) is 10.5 Å². The minimum atomic E-state index is 0.329. The second kappa shape index (κ2) is 9.16. The van der Waals surface area contributed by atoms with Gasteiger partial charge in [-0.3, -0.25) is 9.97 Å². The number of pyridine rings is 3. The second-order valence-electron chi connectivity index (χ2n) is 6.39. The fourth-order valence-corrected chi connectivity index (χ4v) is 2.84. The summed E-state index contributed by atoms with van der Waals surface area (Å²) in [7, 11) is 0. The van der Waals surface area contributed by atoms with E-state index in [1.165, 1.54) is 0 Å². The van der Waals surface area contributed by atoms with Crippen LogP contribution in [0, 0.1) is 11.8 Å². The van der Waals surface area contributed by atoms with E-state index < -0.39 is 0 Å². The van der Waals surface area contributed by atoms with E-state index >= 15 is 0 Å². The largest absolute Gasteiger partial charge is 0.255 e. The van der Waals surface area contributed by atoms with Gasteiger partial charge in [0.15, 0.2) is 0 Å². The highest BCUT2D eigenvalue weighted by Gasteiger charge is 2.08. The average Bonchev–Trinajstić information content (AvgIpc) is 2.83. The Kier molecular flexibility index (Phi) is 5.76. The first-order valence-electron chi connectivity index (χ1n) is 9.28. The summed E-state index contributed by atoms with van der Waals surface area (Å²) < 4.78 is 0. The molecule has 0 bridgehead atoms. The van der Waals surface area contributed by atoms with Crippen LogP contribution >= 0.6 is 0 Å². The molecule has 0 aliphatic rings. The number of benzene rings is 1. The van der Waals surface area contributed by atoms with Gasteiger partial charge in [0.05, 0.1) is 29.3 Å². The fraction of sp³-hybridized carbons (Fsp3) is 0.0417. The highest BCUT2D eigenvalue weighted by molar-refractivity contribution is 5.65. The van der Waals surface area contributed by atoms with Crippen LogP contribution in [0.5, 0.6) is 0 Å². The molecule has 4 aromatic rings. The van der Waals surface area contributed by atoms with Crippen molar-refractivity contribution in [2.45, 2.75) is 6.54 Å². The molecule has 0 saturated heterocycles. The molecular formula is C24H16N6. The lowest BCUT2D eigenvalue weighted by Gasteiger charge is -2.05. The van der Waals surface area contributed by atoms with Gasteiger partial charge >= 0.3 is 0 Å². The summed E-state index contributed by atoms with van der Waals surface area (Å²) in [5, 5.41) is 3.57. The highest BCUT2D eigenvalue weighted by atomic mass is 15.1. The van der Waals surface area contributed by atoms with Crippen LogP contribution in [0.3, 0.4) is 0 Å². The number of nitrogens with zero attached hydrogens (tertiary/aromatic N) is 6. The van der Waals surface area contributed by atoms with Crippen molar-refractivity contribution in [1.29, 1.82) is 0 Å². The lowest BCUT2D eigenvalue weighted by molar-refractivity contribution is 1.05. The normalized spacial score (nSPS) is 9.87. The molecule has 0 N–H and O–H groups in total. The minimum Gasteiger partial charge on any atom is -0.255 e. The molecule has 0 unspecified atom stereocenters. The molecule has 6 nitrogen and oxygen atoms in total. The van der Waals surface area contributed by atoms with E-state index in [2.05, 4.69) is 31.8 Å². The van der Waals surface area contributed by atoms with Crippen LogP contribution in [0.4, 0.5) is 0 Å². The predicted octanol–water partition coefficient (Wildman–Crippen LogP) is 5.42. The number of rotatable bonds is 4. The molecule has 142 valence electrons. The molecule has 3 aromatic heterocycles.